The van der Waals surface area contributed by atoms with Crippen molar-refractivity contribution in [3.05, 3.63) is 23.8 Å². The molecule has 0 rings (SSSR count). The van der Waals surface area contributed by atoms with Crippen LogP contribution in [0.25, 0.3) is 0 Å². The minimum absolute atomic E-state index is 0.435. The lowest BCUT2D eigenvalue weighted by molar-refractivity contribution is -0.134. The van der Waals surface area contributed by atoms with Crippen molar-refractivity contribution in [2.75, 3.05) is 7.11 Å². The summed E-state index contributed by atoms with van der Waals surface area (Å²) in [6, 6.07) is 1.83. The molecule has 3 nitrogen and oxygen atoms in total. The van der Waals surface area contributed by atoms with Gasteiger partial charge in [0.15, 0.2) is 0 Å². The fourth-order valence-electron chi connectivity index (χ4n) is 0.119. The van der Waals surface area contributed by atoms with Crippen LogP contribution < -0.4 is 0 Å². The van der Waals surface area contributed by atoms with Gasteiger partial charge in [-0.3, -0.25) is 0 Å². The molecule has 0 saturated carbocycles. The van der Waals surface area contributed by atoms with Gasteiger partial charge in [-0.05, 0) is 6.92 Å². The molecule has 0 amide bonds. The fraction of sp³-hybridized carbons (Fsp3) is 0.250. The van der Waals surface area contributed by atoms with Crippen molar-refractivity contribution < 1.29 is 9.53 Å². The summed E-state index contributed by atoms with van der Waals surface area (Å²) in [6.45, 7) is 4.98. The maximum absolute atomic E-state index is 10.0. The van der Waals surface area contributed by atoms with Gasteiger partial charge in [0.05, 0.1) is 13.2 Å². The minimum atomic E-state index is -0.435. The van der Waals surface area contributed by atoms with Gasteiger partial charge >= 0.3 is 5.97 Å². The average Bonchev–Trinajstić information content (AvgIpc) is 2.06. The molecule has 12 heavy (non-hydrogen) atoms. The molecule has 0 aliphatic carbocycles. The summed E-state index contributed by atoms with van der Waals surface area (Å²) < 4.78 is 4.18. The second-order valence-corrected chi connectivity index (χ2v) is 1.96. The van der Waals surface area contributed by atoms with E-state index in [4.69, 9.17) is 16.9 Å². The number of ether oxygens (including phenoxy) is 1. The van der Waals surface area contributed by atoms with Gasteiger partial charge in [-0.1, -0.05) is 18.2 Å². The van der Waals surface area contributed by atoms with Crippen LogP contribution in [0.3, 0.4) is 0 Å². The normalized spacial score (nSPS) is 7.83. The Morgan fingerprint density at radius 1 is 1.75 bits per heavy atom. The van der Waals surface area contributed by atoms with E-state index in [1.54, 1.807) is 6.92 Å². The number of halogens is 1. The Hall–Kier alpha value is -1.27. The maximum Gasteiger partial charge on any atom is 0.331 e. The Morgan fingerprint density at radius 2 is 2.17 bits per heavy atom. The average molecular weight is 188 g/mol. The lowest BCUT2D eigenvalue weighted by Crippen LogP contribution is -1.92. The molecule has 0 heterocycles. The lowest BCUT2D eigenvalue weighted by atomic mass is 10.4. The predicted octanol–water partition coefficient (Wildman–Crippen LogP) is 2.00. The Kier molecular flexibility index (Phi) is 10.8. The second-order valence-electron chi connectivity index (χ2n) is 1.71. The van der Waals surface area contributed by atoms with Crippen LogP contribution in [0.2, 0.25) is 0 Å². The van der Waals surface area contributed by atoms with Crippen LogP contribution >= 0.6 is 11.6 Å². The molecule has 4 heteroatoms. The number of methoxy groups -OCH3 is 1. The SMILES string of the molecule is C=C(C)C#N.COC(=O)C=CCl. The third-order valence-electron chi connectivity index (χ3n) is 0.591. The Bertz CT molecular complexity index is 216. The summed E-state index contributed by atoms with van der Waals surface area (Å²) in [5.41, 5.74) is 1.66. The number of nitriles is 1. The highest BCUT2D eigenvalue weighted by molar-refractivity contribution is 6.26. The van der Waals surface area contributed by atoms with E-state index in [-0.39, 0.29) is 0 Å². The minimum Gasteiger partial charge on any atom is -0.466 e. The first kappa shape index (κ1) is 13.3. The molecule has 0 aliphatic heterocycles. The van der Waals surface area contributed by atoms with Gasteiger partial charge in [-0.15, -0.1) is 0 Å². The monoisotopic (exact) mass is 187 g/mol. The number of carbonyl (C=O) groups is 1. The van der Waals surface area contributed by atoms with Crippen LogP contribution in [0.1, 0.15) is 6.92 Å². The first-order valence-electron chi connectivity index (χ1n) is 2.98. The highest BCUT2D eigenvalue weighted by Gasteiger charge is 1.85. The topological polar surface area (TPSA) is 50.1 Å². The van der Waals surface area contributed by atoms with E-state index in [1.807, 2.05) is 6.07 Å². The zero-order chi connectivity index (χ0) is 9.98. The van der Waals surface area contributed by atoms with Crippen LogP contribution in [0.5, 0.6) is 0 Å². The van der Waals surface area contributed by atoms with Crippen molar-refractivity contribution in [3.8, 4) is 6.07 Å². The van der Waals surface area contributed by atoms with E-state index in [2.05, 4.69) is 11.3 Å². The largest absolute Gasteiger partial charge is 0.466 e. The quantitative estimate of drug-likeness (QED) is 0.358. The van der Waals surface area contributed by atoms with Crippen LogP contribution in [0.4, 0.5) is 0 Å². The Balaban J connectivity index is 0. The first-order chi connectivity index (χ1) is 5.58. The third-order valence-corrected chi connectivity index (χ3v) is 0.717. The molecule has 0 aliphatic rings. The van der Waals surface area contributed by atoms with Crippen molar-refractivity contribution in [1.82, 2.24) is 0 Å². The fourth-order valence-corrected chi connectivity index (χ4v) is 0.222. The van der Waals surface area contributed by atoms with Crippen LogP contribution in [0, 0.1) is 11.3 Å². The van der Waals surface area contributed by atoms with E-state index in [1.165, 1.54) is 7.11 Å². The van der Waals surface area contributed by atoms with Gasteiger partial charge in [0.2, 0.25) is 0 Å². The van der Waals surface area contributed by atoms with Gasteiger partial charge in [0, 0.05) is 17.2 Å². The van der Waals surface area contributed by atoms with Crippen LogP contribution in [-0.4, -0.2) is 13.1 Å². The van der Waals surface area contributed by atoms with Crippen molar-refractivity contribution in [2.45, 2.75) is 6.92 Å². The van der Waals surface area contributed by atoms with Gasteiger partial charge in [0.25, 0.3) is 0 Å². The highest BCUT2D eigenvalue weighted by atomic mass is 35.5. The number of carbonyl (C=O) groups excluding carboxylic acids is 1. The molecule has 0 unspecified atom stereocenters. The molecule has 0 bridgehead atoms. The van der Waals surface area contributed by atoms with Gasteiger partial charge in [-0.2, -0.15) is 5.26 Å². The summed E-state index contributed by atoms with van der Waals surface area (Å²) in [7, 11) is 1.29. The molecule has 0 saturated heterocycles. The number of esters is 1. The summed E-state index contributed by atoms with van der Waals surface area (Å²) >= 11 is 4.99. The number of rotatable bonds is 1. The third kappa shape index (κ3) is 15.9. The smallest absolute Gasteiger partial charge is 0.331 e. The first-order valence-corrected chi connectivity index (χ1v) is 3.42. The summed E-state index contributed by atoms with van der Waals surface area (Å²) in [5, 5.41) is 7.79. The van der Waals surface area contributed by atoms with E-state index in [0.717, 1.165) is 11.6 Å². The van der Waals surface area contributed by atoms with Crippen LogP contribution in [0.15, 0.2) is 23.8 Å². The molecule has 66 valence electrons. The van der Waals surface area contributed by atoms with Crippen molar-refractivity contribution >= 4 is 17.6 Å². The van der Waals surface area contributed by atoms with E-state index < -0.39 is 5.97 Å². The molecule has 0 aromatic rings. The Labute approximate surface area is 76.9 Å². The molecular weight excluding hydrogens is 178 g/mol. The Morgan fingerprint density at radius 3 is 2.25 bits per heavy atom. The number of hydrogen-bond donors (Lipinski definition) is 0. The molecule has 0 spiro atoms. The molecule has 0 atom stereocenters. The zero-order valence-electron chi connectivity index (χ0n) is 7.00. The molecule has 0 N–H and O–H groups in total. The van der Waals surface area contributed by atoms with E-state index in [0.29, 0.717) is 5.57 Å². The van der Waals surface area contributed by atoms with Crippen molar-refractivity contribution in [1.29, 1.82) is 5.26 Å². The van der Waals surface area contributed by atoms with Gasteiger partial charge in [0.1, 0.15) is 0 Å². The number of allylic oxidation sites excluding steroid dienone is 1. The van der Waals surface area contributed by atoms with Crippen molar-refractivity contribution in [3.63, 3.8) is 0 Å². The molecule has 0 fully saturated rings. The standard InChI is InChI=1S/C4H5ClO2.C4H5N/c1-7-4(6)2-3-5;1-4(2)3-5/h2-3H,1H3;1H2,2H3. The number of hydrogen-bond acceptors (Lipinski definition) is 3. The summed E-state index contributed by atoms with van der Waals surface area (Å²) in [4.78, 5) is 10.0. The molecule has 0 aromatic carbocycles. The summed E-state index contributed by atoms with van der Waals surface area (Å²) in [5.74, 6) is -0.435. The van der Waals surface area contributed by atoms with Gasteiger partial charge < -0.3 is 4.74 Å². The molecule has 0 aromatic heterocycles. The predicted molar refractivity (Wildman–Crippen MR) is 47.4 cm³/mol. The summed E-state index contributed by atoms with van der Waals surface area (Å²) in [6.07, 6.45) is 1.13. The highest BCUT2D eigenvalue weighted by Crippen LogP contribution is 1.79. The van der Waals surface area contributed by atoms with Crippen molar-refractivity contribution in [2.24, 2.45) is 0 Å². The molecular formula is C8H10ClNO2. The molecule has 0 radical (unpaired) electrons. The van der Waals surface area contributed by atoms with E-state index in [9.17, 15) is 4.79 Å². The maximum atomic E-state index is 10.0. The van der Waals surface area contributed by atoms with Gasteiger partial charge in [-0.25, -0.2) is 4.79 Å². The van der Waals surface area contributed by atoms with E-state index >= 15 is 0 Å². The zero-order valence-corrected chi connectivity index (χ0v) is 7.76. The van der Waals surface area contributed by atoms with Crippen LogP contribution in [-0.2, 0) is 9.53 Å². The second kappa shape index (κ2) is 9.73. The number of nitrogens with zero attached hydrogens (tertiary/aromatic N) is 1. The lowest BCUT2D eigenvalue weighted by Gasteiger charge is -1.84.